The van der Waals surface area contributed by atoms with Crippen molar-refractivity contribution in [3.8, 4) is 11.3 Å². The van der Waals surface area contributed by atoms with E-state index in [1.54, 1.807) is 0 Å². The van der Waals surface area contributed by atoms with E-state index in [0.717, 1.165) is 65.0 Å². The number of hydrogen-bond donors (Lipinski definition) is 1. The normalized spacial score (nSPS) is 14.0. The monoisotopic (exact) mass is 553 g/mol. The predicted octanol–water partition coefficient (Wildman–Crippen LogP) is 8.29. The van der Waals surface area contributed by atoms with Crippen molar-refractivity contribution in [3.05, 3.63) is 123 Å². The van der Waals surface area contributed by atoms with E-state index in [9.17, 15) is 0 Å². The first-order valence-corrected chi connectivity index (χ1v) is 12.2. The number of amidine groups is 1. The van der Waals surface area contributed by atoms with Crippen LogP contribution in [-0.4, -0.2) is 16.5 Å². The molecule has 3 nitrogen and oxygen atoms in total. The number of H-pyrrole nitrogens is 1. The highest BCUT2D eigenvalue weighted by atomic mass is 79.9. The molecule has 4 aromatic carbocycles. The summed E-state index contributed by atoms with van der Waals surface area (Å²) in [4.78, 5) is 13.6. The van der Waals surface area contributed by atoms with Crippen molar-refractivity contribution in [1.29, 1.82) is 0 Å². The van der Waals surface area contributed by atoms with Gasteiger partial charge >= 0.3 is 0 Å². The van der Waals surface area contributed by atoms with Crippen molar-refractivity contribution in [2.75, 3.05) is 0 Å². The van der Waals surface area contributed by atoms with Crippen LogP contribution in [-0.2, 0) is 0 Å². The van der Waals surface area contributed by atoms with Gasteiger partial charge in [0, 0.05) is 36.4 Å². The molecule has 5 aromatic rings. The molecule has 0 bridgehead atoms. The molecule has 0 unspecified atom stereocenters. The Kier molecular flexibility index (Phi) is 5.08. The van der Waals surface area contributed by atoms with Gasteiger partial charge < -0.3 is 4.98 Å². The maximum atomic E-state index is 5.04. The number of aromatic amines is 1. The molecule has 5 heteroatoms. The van der Waals surface area contributed by atoms with Gasteiger partial charge in [0.25, 0.3) is 0 Å². The summed E-state index contributed by atoms with van der Waals surface area (Å²) in [5, 5.41) is 2.22. The lowest BCUT2D eigenvalue weighted by Gasteiger charge is -2.03. The summed E-state index contributed by atoms with van der Waals surface area (Å²) in [6, 6.07) is 33.2. The van der Waals surface area contributed by atoms with Gasteiger partial charge in [0.1, 0.15) is 5.82 Å². The molecule has 0 spiro atoms. The summed E-state index contributed by atoms with van der Waals surface area (Å²) < 4.78 is 2.10. The summed E-state index contributed by atoms with van der Waals surface area (Å²) in [7, 11) is 0. The van der Waals surface area contributed by atoms with E-state index in [0.29, 0.717) is 0 Å². The van der Waals surface area contributed by atoms with Gasteiger partial charge in [-0.25, -0.2) is 9.98 Å². The fourth-order valence-corrected chi connectivity index (χ4v) is 4.75. The van der Waals surface area contributed by atoms with Crippen LogP contribution in [0.5, 0.6) is 0 Å². The number of aromatic nitrogens is 1. The molecule has 0 aliphatic carbocycles. The number of halogens is 2. The highest BCUT2D eigenvalue weighted by molar-refractivity contribution is 9.10. The Labute approximate surface area is 208 Å². The first kappa shape index (κ1) is 20.3. The molecule has 1 aliphatic rings. The van der Waals surface area contributed by atoms with E-state index < -0.39 is 0 Å². The summed E-state index contributed by atoms with van der Waals surface area (Å²) in [6.45, 7) is 0. The smallest absolute Gasteiger partial charge is 0.162 e. The number of hydrogen-bond acceptors (Lipinski definition) is 1. The molecule has 0 atom stereocenters. The van der Waals surface area contributed by atoms with Crippen molar-refractivity contribution in [3.63, 3.8) is 0 Å². The number of fused-ring (bicyclic) bond motifs is 2. The van der Waals surface area contributed by atoms with Gasteiger partial charge in [-0.05, 0) is 29.8 Å². The average molecular weight is 555 g/mol. The molecule has 0 fully saturated rings. The Balaban J connectivity index is 1.53. The Hall–Kier alpha value is -3.28. The number of rotatable bonds is 3. The molecule has 1 aromatic heterocycles. The maximum Gasteiger partial charge on any atom is 0.162 e. The standard InChI is InChI=1S/C28H17Br2N3/c29-19-13-9-17(10-14-19)25-21-5-1-3-7-23(21)27(31-25)33-28-24-8-4-2-6-22(24)26(32-28)18-11-15-20(30)16-12-18/h1-16,31H. The van der Waals surface area contributed by atoms with Crippen molar-refractivity contribution >= 4 is 60.0 Å². The van der Waals surface area contributed by atoms with Gasteiger partial charge in [-0.2, -0.15) is 0 Å². The van der Waals surface area contributed by atoms with Gasteiger partial charge in [-0.15, -0.1) is 0 Å². The lowest BCUT2D eigenvalue weighted by Crippen LogP contribution is -2.00. The number of nitrogens with one attached hydrogen (secondary N) is 1. The molecule has 1 N–H and O–H groups in total. The zero-order valence-electron chi connectivity index (χ0n) is 17.4. The van der Waals surface area contributed by atoms with Crippen LogP contribution in [0.15, 0.2) is 116 Å². The van der Waals surface area contributed by atoms with Crippen molar-refractivity contribution in [2.24, 2.45) is 9.98 Å². The Bertz CT molecular complexity index is 1560. The van der Waals surface area contributed by atoms with Crippen molar-refractivity contribution in [2.45, 2.75) is 0 Å². The average Bonchev–Trinajstić information content (AvgIpc) is 3.40. The SMILES string of the molecule is Brc1ccc(C2=NC(=Nc3[nH]c(-c4ccc(Br)cc4)c4ccccc34)c3ccccc32)cc1. The minimum atomic E-state index is 0.720. The molecule has 0 amide bonds. The zero-order chi connectivity index (χ0) is 22.4. The van der Waals surface area contributed by atoms with Crippen LogP contribution < -0.4 is 0 Å². The summed E-state index contributed by atoms with van der Waals surface area (Å²) in [5.74, 6) is 1.53. The van der Waals surface area contributed by atoms with E-state index in [-0.39, 0.29) is 0 Å². The molecule has 2 heterocycles. The van der Waals surface area contributed by atoms with Crippen LogP contribution in [0.3, 0.4) is 0 Å². The Morgan fingerprint density at radius 3 is 1.88 bits per heavy atom. The molecule has 6 rings (SSSR count). The maximum absolute atomic E-state index is 5.04. The van der Waals surface area contributed by atoms with Crippen molar-refractivity contribution in [1.82, 2.24) is 4.98 Å². The van der Waals surface area contributed by atoms with E-state index >= 15 is 0 Å². The van der Waals surface area contributed by atoms with Crippen LogP contribution in [0.4, 0.5) is 5.82 Å². The summed E-state index contributed by atoms with van der Waals surface area (Å²) >= 11 is 7.05. The van der Waals surface area contributed by atoms with Gasteiger partial charge in [0.2, 0.25) is 0 Å². The summed E-state index contributed by atoms with van der Waals surface area (Å²) in [6.07, 6.45) is 0. The largest absolute Gasteiger partial charge is 0.339 e. The third-order valence-corrected chi connectivity index (χ3v) is 6.86. The Morgan fingerprint density at radius 1 is 0.606 bits per heavy atom. The number of benzene rings is 4. The van der Waals surface area contributed by atoms with Gasteiger partial charge in [-0.1, -0.05) is 105 Å². The molecule has 33 heavy (non-hydrogen) atoms. The van der Waals surface area contributed by atoms with Crippen LogP contribution >= 0.6 is 31.9 Å². The molecular formula is C28H17Br2N3. The van der Waals surface area contributed by atoms with Crippen LogP contribution in [0.25, 0.3) is 22.0 Å². The van der Waals surface area contributed by atoms with E-state index in [4.69, 9.17) is 9.98 Å². The van der Waals surface area contributed by atoms with Crippen LogP contribution in [0.2, 0.25) is 0 Å². The van der Waals surface area contributed by atoms with E-state index in [1.165, 1.54) is 0 Å². The second-order valence-electron chi connectivity index (χ2n) is 7.85. The number of aliphatic imine (C=N–C) groups is 2. The van der Waals surface area contributed by atoms with Crippen LogP contribution in [0.1, 0.15) is 16.7 Å². The highest BCUT2D eigenvalue weighted by Gasteiger charge is 2.23. The van der Waals surface area contributed by atoms with Crippen molar-refractivity contribution < 1.29 is 0 Å². The first-order valence-electron chi connectivity index (χ1n) is 10.6. The van der Waals surface area contributed by atoms with Gasteiger partial charge in [-0.3, -0.25) is 0 Å². The zero-order valence-corrected chi connectivity index (χ0v) is 20.6. The Morgan fingerprint density at radius 2 is 1.18 bits per heavy atom. The third-order valence-electron chi connectivity index (χ3n) is 5.80. The molecule has 0 radical (unpaired) electrons. The number of nitrogens with zero attached hydrogens (tertiary/aromatic N) is 2. The highest BCUT2D eigenvalue weighted by Crippen LogP contribution is 2.36. The quantitative estimate of drug-likeness (QED) is 0.233. The second kappa shape index (κ2) is 8.25. The second-order valence-corrected chi connectivity index (χ2v) is 9.68. The fourth-order valence-electron chi connectivity index (χ4n) is 4.22. The molecule has 158 valence electrons. The van der Waals surface area contributed by atoms with Gasteiger partial charge in [0.15, 0.2) is 5.84 Å². The van der Waals surface area contributed by atoms with Gasteiger partial charge in [0.05, 0.1) is 11.4 Å². The lowest BCUT2D eigenvalue weighted by atomic mass is 10.0. The molecule has 1 aliphatic heterocycles. The minimum absolute atomic E-state index is 0.720. The third kappa shape index (κ3) is 3.67. The molecular weight excluding hydrogens is 538 g/mol. The summed E-state index contributed by atoms with van der Waals surface area (Å²) in [5.41, 5.74) is 6.33. The minimum Gasteiger partial charge on any atom is -0.339 e. The van der Waals surface area contributed by atoms with Crippen LogP contribution in [0, 0.1) is 0 Å². The molecule has 0 saturated carbocycles. The lowest BCUT2D eigenvalue weighted by molar-refractivity contribution is 1.33. The molecule has 0 saturated heterocycles. The fraction of sp³-hybridized carbons (Fsp3) is 0. The first-order chi connectivity index (χ1) is 16.2. The topological polar surface area (TPSA) is 40.5 Å². The van der Waals surface area contributed by atoms with E-state index in [1.807, 2.05) is 30.3 Å². The predicted molar refractivity (Wildman–Crippen MR) is 144 cm³/mol. The van der Waals surface area contributed by atoms with E-state index in [2.05, 4.69) is 104 Å².